The Hall–Kier alpha value is -2.76. The number of aromatic amines is 1. The summed E-state index contributed by atoms with van der Waals surface area (Å²) in [5, 5.41) is 7.82. The maximum Gasteiger partial charge on any atom is 0.277 e. The Labute approximate surface area is 198 Å². The van der Waals surface area contributed by atoms with Gasteiger partial charge in [0, 0.05) is 32.2 Å². The molecular weight excluding hydrogens is 456 g/mol. The largest absolute Gasteiger partial charge is 0.496 e. The number of hydrogen-bond acceptors (Lipinski definition) is 7. The van der Waals surface area contributed by atoms with Gasteiger partial charge in [0.15, 0.2) is 5.52 Å². The number of piperazine rings is 1. The zero-order valence-electron chi connectivity index (χ0n) is 19.5. The number of rotatable bonds is 5. The van der Waals surface area contributed by atoms with Gasteiger partial charge in [-0.05, 0) is 31.9 Å². The first-order chi connectivity index (χ1) is 16.4. The fourth-order valence-corrected chi connectivity index (χ4v) is 6.43. The number of H-pyrrole nitrogens is 1. The Kier molecular flexibility index (Phi) is 6.17. The van der Waals surface area contributed by atoms with E-state index in [9.17, 15) is 13.2 Å². The van der Waals surface area contributed by atoms with E-state index < -0.39 is 10.0 Å². The minimum absolute atomic E-state index is 0.153. The smallest absolute Gasteiger partial charge is 0.277 e. The second-order valence-electron chi connectivity index (χ2n) is 8.95. The minimum Gasteiger partial charge on any atom is -0.496 e. The molecule has 0 spiro atoms. The molecule has 0 unspecified atom stereocenters. The highest BCUT2D eigenvalue weighted by molar-refractivity contribution is 7.89. The van der Waals surface area contributed by atoms with Crippen molar-refractivity contribution < 1.29 is 13.2 Å². The molecule has 182 valence electrons. The Bertz CT molecular complexity index is 1370. The molecule has 2 N–H and O–H groups in total. The number of fused-ring (bicyclic) bond motifs is 1. The molecule has 34 heavy (non-hydrogen) atoms. The first kappa shape index (κ1) is 23.0. The van der Waals surface area contributed by atoms with Crippen molar-refractivity contribution in [3.8, 4) is 17.1 Å². The molecule has 11 heteroatoms. The number of methoxy groups -OCH3 is 1. The van der Waals surface area contributed by atoms with Gasteiger partial charge in [-0.2, -0.15) is 9.40 Å². The van der Waals surface area contributed by atoms with Gasteiger partial charge in [0.05, 0.1) is 29.3 Å². The molecular formula is C23H30N6O4S. The van der Waals surface area contributed by atoms with Crippen LogP contribution in [0.3, 0.4) is 0 Å². The fourth-order valence-electron chi connectivity index (χ4n) is 4.97. The third-order valence-electron chi connectivity index (χ3n) is 6.79. The van der Waals surface area contributed by atoms with Crippen molar-refractivity contribution in [2.75, 3.05) is 33.3 Å². The summed E-state index contributed by atoms with van der Waals surface area (Å²) in [5.41, 5.74) is 2.01. The number of sulfonamides is 1. The summed E-state index contributed by atoms with van der Waals surface area (Å²) >= 11 is 0. The van der Waals surface area contributed by atoms with Crippen LogP contribution in [0.4, 0.5) is 0 Å². The van der Waals surface area contributed by atoms with E-state index in [1.165, 1.54) is 30.0 Å². The number of aryl methyl sites for hydroxylation is 1. The van der Waals surface area contributed by atoms with Crippen LogP contribution in [0.15, 0.2) is 27.9 Å². The number of nitrogens with zero attached hydrogens (tertiary/aromatic N) is 4. The topological polar surface area (TPSA) is 122 Å². The quantitative estimate of drug-likeness (QED) is 0.567. The number of benzene rings is 1. The van der Waals surface area contributed by atoms with Crippen molar-refractivity contribution in [1.82, 2.24) is 29.4 Å². The first-order valence-corrected chi connectivity index (χ1v) is 13.2. The molecule has 10 nitrogen and oxygen atoms in total. The van der Waals surface area contributed by atoms with E-state index in [0.717, 1.165) is 25.7 Å². The van der Waals surface area contributed by atoms with Crippen molar-refractivity contribution >= 4 is 21.1 Å². The molecule has 3 aromatic rings. The van der Waals surface area contributed by atoms with Crippen LogP contribution in [0.1, 0.15) is 43.8 Å². The van der Waals surface area contributed by atoms with E-state index in [-0.39, 0.29) is 16.5 Å². The van der Waals surface area contributed by atoms with Gasteiger partial charge in [-0.1, -0.05) is 19.3 Å². The lowest BCUT2D eigenvalue weighted by molar-refractivity contribution is 0.336. The van der Waals surface area contributed by atoms with Crippen LogP contribution in [0.2, 0.25) is 0 Å². The molecule has 5 rings (SSSR count). The van der Waals surface area contributed by atoms with Gasteiger partial charge >= 0.3 is 0 Å². The first-order valence-electron chi connectivity index (χ1n) is 11.8. The van der Waals surface area contributed by atoms with Crippen molar-refractivity contribution in [3.63, 3.8) is 0 Å². The van der Waals surface area contributed by atoms with Crippen LogP contribution in [0, 0.1) is 6.92 Å². The molecule has 0 atom stereocenters. The van der Waals surface area contributed by atoms with Crippen LogP contribution in [0.5, 0.6) is 5.75 Å². The van der Waals surface area contributed by atoms with E-state index in [1.54, 1.807) is 6.07 Å². The Morgan fingerprint density at radius 2 is 1.85 bits per heavy atom. The molecule has 1 saturated carbocycles. The standard InChI is InChI=1S/C23H30N6O4S/c1-15-20-21(29(27-15)16-6-4-3-5-7-16)23(30)26-22(25-20)18-9-8-17(14-19(18)33-2)34(31,32)28-12-10-24-11-13-28/h8-9,14,16,24H,3-7,10-13H2,1-2H3,(H,25,26,30). The summed E-state index contributed by atoms with van der Waals surface area (Å²) in [4.78, 5) is 20.9. The van der Waals surface area contributed by atoms with Crippen LogP contribution < -0.4 is 15.6 Å². The average Bonchev–Trinajstić information content (AvgIpc) is 3.21. The average molecular weight is 487 g/mol. The summed E-state index contributed by atoms with van der Waals surface area (Å²) in [6.45, 7) is 3.93. The lowest BCUT2D eigenvalue weighted by Crippen LogP contribution is -2.46. The highest BCUT2D eigenvalue weighted by atomic mass is 32.2. The normalized spacial score (nSPS) is 18.4. The number of hydrogen-bond donors (Lipinski definition) is 2. The van der Waals surface area contributed by atoms with Crippen molar-refractivity contribution in [2.24, 2.45) is 0 Å². The van der Waals surface area contributed by atoms with Crippen LogP contribution in [-0.2, 0) is 10.0 Å². The van der Waals surface area contributed by atoms with Gasteiger partial charge in [0.2, 0.25) is 10.0 Å². The van der Waals surface area contributed by atoms with Gasteiger partial charge < -0.3 is 15.0 Å². The molecule has 0 amide bonds. The summed E-state index contributed by atoms with van der Waals surface area (Å²) in [6.07, 6.45) is 5.50. The molecule has 3 heterocycles. The molecule has 1 aromatic carbocycles. The fraction of sp³-hybridized carbons (Fsp3) is 0.522. The Morgan fingerprint density at radius 1 is 1.12 bits per heavy atom. The van der Waals surface area contributed by atoms with Crippen molar-refractivity contribution in [2.45, 2.75) is 50.0 Å². The molecule has 2 aromatic heterocycles. The van der Waals surface area contributed by atoms with E-state index in [4.69, 9.17) is 9.72 Å². The second-order valence-corrected chi connectivity index (χ2v) is 10.9. The van der Waals surface area contributed by atoms with Gasteiger partial charge in [-0.15, -0.1) is 0 Å². The zero-order chi connectivity index (χ0) is 23.9. The lowest BCUT2D eigenvalue weighted by atomic mass is 9.95. The number of aromatic nitrogens is 4. The minimum atomic E-state index is -3.64. The highest BCUT2D eigenvalue weighted by Crippen LogP contribution is 2.33. The lowest BCUT2D eigenvalue weighted by Gasteiger charge is -2.26. The molecule has 1 aliphatic carbocycles. The van der Waals surface area contributed by atoms with Gasteiger partial charge in [-0.25, -0.2) is 13.4 Å². The molecule has 2 fully saturated rings. The predicted octanol–water partition coefficient (Wildman–Crippen LogP) is 2.20. The van der Waals surface area contributed by atoms with E-state index in [0.29, 0.717) is 60.0 Å². The summed E-state index contributed by atoms with van der Waals surface area (Å²) < 4.78 is 35.0. The maximum absolute atomic E-state index is 13.2. The third kappa shape index (κ3) is 4.01. The third-order valence-corrected chi connectivity index (χ3v) is 8.68. The highest BCUT2D eigenvalue weighted by Gasteiger charge is 2.28. The van der Waals surface area contributed by atoms with Gasteiger partial charge in [0.1, 0.15) is 17.1 Å². The van der Waals surface area contributed by atoms with Crippen LogP contribution in [-0.4, -0.2) is 65.8 Å². The van der Waals surface area contributed by atoms with Crippen LogP contribution in [0.25, 0.3) is 22.4 Å². The zero-order valence-corrected chi connectivity index (χ0v) is 20.3. The second kappa shape index (κ2) is 9.12. The number of ether oxygens (including phenoxy) is 1. The van der Waals surface area contributed by atoms with E-state index >= 15 is 0 Å². The Morgan fingerprint density at radius 3 is 2.56 bits per heavy atom. The molecule has 2 aliphatic rings. The van der Waals surface area contributed by atoms with E-state index in [1.807, 2.05) is 11.6 Å². The molecule has 0 radical (unpaired) electrons. The monoisotopic (exact) mass is 486 g/mol. The summed E-state index contributed by atoms with van der Waals surface area (Å²) in [6, 6.07) is 4.88. The molecule has 1 aliphatic heterocycles. The van der Waals surface area contributed by atoms with Crippen LogP contribution >= 0.6 is 0 Å². The number of nitrogens with one attached hydrogen (secondary N) is 2. The van der Waals surface area contributed by atoms with Crippen molar-refractivity contribution in [3.05, 3.63) is 34.2 Å². The van der Waals surface area contributed by atoms with Gasteiger partial charge in [-0.3, -0.25) is 9.48 Å². The molecule has 1 saturated heterocycles. The van der Waals surface area contributed by atoms with E-state index in [2.05, 4.69) is 15.4 Å². The summed E-state index contributed by atoms with van der Waals surface area (Å²) in [5.74, 6) is 0.655. The van der Waals surface area contributed by atoms with Gasteiger partial charge in [0.25, 0.3) is 5.56 Å². The summed E-state index contributed by atoms with van der Waals surface area (Å²) in [7, 11) is -2.17. The predicted molar refractivity (Wildman–Crippen MR) is 129 cm³/mol. The maximum atomic E-state index is 13.2. The molecule has 0 bridgehead atoms. The Balaban J connectivity index is 1.56. The SMILES string of the molecule is COc1cc(S(=O)(=O)N2CCNCC2)ccc1-c1nc2c(C)nn(C3CCCCC3)c2c(=O)[nH]1. The van der Waals surface area contributed by atoms with Crippen molar-refractivity contribution in [1.29, 1.82) is 0 Å².